The van der Waals surface area contributed by atoms with Gasteiger partial charge in [-0.05, 0) is 0 Å². The summed E-state index contributed by atoms with van der Waals surface area (Å²) in [5.41, 5.74) is 0. The van der Waals surface area contributed by atoms with E-state index in [1.165, 1.54) is 0 Å². The summed E-state index contributed by atoms with van der Waals surface area (Å²) >= 11 is 0. The Morgan fingerprint density at radius 2 is 1.70 bits per heavy atom. The number of hydrogen-bond donors (Lipinski definition) is 0. The Kier molecular flexibility index (Phi) is 14.2. The van der Waals surface area contributed by atoms with Crippen molar-refractivity contribution in [1.82, 2.24) is 0 Å². The van der Waals surface area contributed by atoms with E-state index in [1.54, 1.807) is 0 Å². The maximum absolute atomic E-state index is 4.34. The van der Waals surface area contributed by atoms with E-state index in [2.05, 4.69) is 37.3 Å². The third-order valence-electron chi connectivity index (χ3n) is 0.665. The van der Waals surface area contributed by atoms with Gasteiger partial charge in [-0.2, -0.15) is 0 Å². The molecule has 0 saturated heterocycles. The molecule has 0 unspecified atom stereocenters. The molecule has 0 aromatic carbocycles. The van der Waals surface area contributed by atoms with Crippen LogP contribution in [0, 0.1) is 6.08 Å². The predicted octanol–water partition coefficient (Wildman–Crippen LogP) is -3.81. The van der Waals surface area contributed by atoms with Crippen LogP contribution in [0.3, 0.4) is 0 Å². The molecule has 0 amide bonds. The molecule has 0 N–H and O–H groups in total. The molecule has 0 spiro atoms. The van der Waals surface area contributed by atoms with Gasteiger partial charge in [-0.3, -0.25) is 13.1 Å². The smallest absolute Gasteiger partial charge is 0.690 e. The Balaban J connectivity index is -0.000000245. The molecule has 0 bridgehead atoms. The van der Waals surface area contributed by atoms with Crippen LogP contribution in [0.2, 0.25) is 19.6 Å². The first-order valence-electron chi connectivity index (χ1n) is 2.75. The fourth-order valence-corrected chi connectivity index (χ4v) is 0.879. The third kappa shape index (κ3) is 16.1. The largest absolute Gasteiger partial charge is 1.00 e. The molecule has 0 atom stereocenters. The Labute approximate surface area is 89.5 Å². The van der Waals surface area contributed by atoms with E-state index in [1.807, 2.05) is 0 Å². The standard InChI is InChI=1S/C6H13NSi.2Li/c1-5-6-7-8(2,3)4;;/h1,6H2,2-4H3;;/q-2;2*+1. The molecule has 1 nitrogen and oxygen atoms in total. The van der Waals surface area contributed by atoms with E-state index < -0.39 is 8.24 Å². The molecule has 4 heteroatoms. The molecule has 0 saturated carbocycles. The van der Waals surface area contributed by atoms with E-state index in [9.17, 15) is 0 Å². The summed E-state index contributed by atoms with van der Waals surface area (Å²) in [5, 5.41) is 0. The SMILES string of the molecule is C=[C-]C[N-][Si](C)(C)C.[Li+].[Li+]. The van der Waals surface area contributed by atoms with Crippen LogP contribution in [0.25, 0.3) is 4.98 Å². The molecular weight excluding hydrogens is 128 g/mol. The van der Waals surface area contributed by atoms with Crippen molar-refractivity contribution in [2.75, 3.05) is 6.54 Å². The topological polar surface area (TPSA) is 14.1 Å². The molecule has 0 aliphatic rings. The second-order valence-corrected chi connectivity index (χ2v) is 7.39. The van der Waals surface area contributed by atoms with E-state index in [4.69, 9.17) is 0 Å². The van der Waals surface area contributed by atoms with Crippen LogP contribution in [-0.4, -0.2) is 14.8 Å². The zero-order valence-electron chi connectivity index (χ0n) is 7.86. The molecule has 0 rings (SSSR count). The van der Waals surface area contributed by atoms with Gasteiger partial charge in [0.1, 0.15) is 0 Å². The second-order valence-electron chi connectivity index (χ2n) is 2.74. The van der Waals surface area contributed by atoms with Crippen molar-refractivity contribution in [3.8, 4) is 0 Å². The zero-order valence-corrected chi connectivity index (χ0v) is 8.86. The van der Waals surface area contributed by atoms with Crippen molar-refractivity contribution >= 4 is 8.24 Å². The Hall–Kier alpha value is 1.11. The number of rotatable bonds is 3. The van der Waals surface area contributed by atoms with Crippen LogP contribution in [0.1, 0.15) is 0 Å². The van der Waals surface area contributed by atoms with Gasteiger partial charge in [-0.25, -0.2) is 0 Å². The summed E-state index contributed by atoms with van der Waals surface area (Å²) in [6.45, 7) is 10.8. The molecular formula is C6H13Li2NSi. The Bertz CT molecular complexity index is 80.3. The normalized spacial score (nSPS) is 9.10. The monoisotopic (exact) mass is 141 g/mol. The number of hydrogen-bond acceptors (Lipinski definition) is 0. The van der Waals surface area contributed by atoms with Gasteiger partial charge in [-0.1, -0.05) is 27.9 Å². The van der Waals surface area contributed by atoms with Crippen molar-refractivity contribution in [3.05, 3.63) is 17.6 Å². The van der Waals surface area contributed by atoms with Crippen molar-refractivity contribution in [2.24, 2.45) is 0 Å². The molecule has 0 aromatic rings. The molecule has 10 heavy (non-hydrogen) atoms. The minimum absolute atomic E-state index is 0. The molecule has 0 radical (unpaired) electrons. The fraction of sp³-hybridized carbons (Fsp3) is 0.667. The molecule has 48 valence electrons. The van der Waals surface area contributed by atoms with E-state index in [-0.39, 0.29) is 37.7 Å². The zero-order chi connectivity index (χ0) is 6.62. The molecule has 0 aromatic heterocycles. The Morgan fingerprint density at radius 1 is 1.30 bits per heavy atom. The van der Waals surface area contributed by atoms with Crippen LogP contribution in [0.15, 0.2) is 6.58 Å². The maximum atomic E-state index is 4.34. The number of nitrogens with zero attached hydrogens (tertiary/aromatic N) is 1. The first kappa shape index (κ1) is 17.3. The van der Waals surface area contributed by atoms with Gasteiger partial charge >= 0.3 is 37.7 Å². The van der Waals surface area contributed by atoms with Crippen molar-refractivity contribution in [3.63, 3.8) is 0 Å². The van der Waals surface area contributed by atoms with Gasteiger partial charge in [0.05, 0.1) is 0 Å². The first-order chi connectivity index (χ1) is 3.56. The summed E-state index contributed by atoms with van der Waals surface area (Å²) in [4.78, 5) is 4.34. The summed E-state index contributed by atoms with van der Waals surface area (Å²) in [7, 11) is -1.16. The third-order valence-corrected chi connectivity index (χ3v) is 1.77. The van der Waals surface area contributed by atoms with Gasteiger partial charge < -0.3 is 11.1 Å². The maximum Gasteiger partial charge on any atom is 1.00 e. The summed E-state index contributed by atoms with van der Waals surface area (Å²) in [6.07, 6.45) is 2.74. The van der Waals surface area contributed by atoms with E-state index in [0.29, 0.717) is 6.54 Å². The van der Waals surface area contributed by atoms with Crippen molar-refractivity contribution in [1.29, 1.82) is 0 Å². The summed E-state index contributed by atoms with van der Waals surface area (Å²) in [6, 6.07) is 0. The molecule has 0 aliphatic heterocycles. The van der Waals surface area contributed by atoms with Gasteiger partial charge in [-0.15, -0.1) is 0 Å². The molecule has 0 aliphatic carbocycles. The molecule has 0 heterocycles. The minimum atomic E-state index is -1.16. The van der Waals surface area contributed by atoms with E-state index >= 15 is 0 Å². The van der Waals surface area contributed by atoms with Crippen LogP contribution in [0.4, 0.5) is 0 Å². The van der Waals surface area contributed by atoms with Crippen LogP contribution < -0.4 is 37.7 Å². The predicted molar refractivity (Wildman–Crippen MR) is 40.4 cm³/mol. The van der Waals surface area contributed by atoms with Crippen molar-refractivity contribution in [2.45, 2.75) is 19.6 Å². The Morgan fingerprint density at radius 3 is 1.80 bits per heavy atom. The van der Waals surface area contributed by atoms with Gasteiger partial charge in [0, 0.05) is 0 Å². The summed E-state index contributed by atoms with van der Waals surface area (Å²) in [5.74, 6) is 0. The van der Waals surface area contributed by atoms with Crippen LogP contribution in [0.5, 0.6) is 0 Å². The quantitative estimate of drug-likeness (QED) is 0.283. The first-order valence-corrected chi connectivity index (χ1v) is 6.19. The van der Waals surface area contributed by atoms with Gasteiger partial charge in [0.2, 0.25) is 0 Å². The van der Waals surface area contributed by atoms with Gasteiger partial charge in [0.15, 0.2) is 0 Å². The average Bonchev–Trinajstić information content (AvgIpc) is 1.59. The van der Waals surface area contributed by atoms with Crippen molar-refractivity contribution < 1.29 is 37.7 Å². The summed E-state index contributed by atoms with van der Waals surface area (Å²) < 4.78 is 0. The van der Waals surface area contributed by atoms with Crippen LogP contribution >= 0.6 is 0 Å². The van der Waals surface area contributed by atoms with Crippen LogP contribution in [-0.2, 0) is 0 Å². The fourth-order valence-electron chi connectivity index (χ4n) is 0.293. The molecule has 0 fully saturated rings. The average molecular weight is 141 g/mol. The van der Waals surface area contributed by atoms with E-state index in [0.717, 1.165) is 0 Å². The van der Waals surface area contributed by atoms with Gasteiger partial charge in [0.25, 0.3) is 0 Å². The minimum Gasteiger partial charge on any atom is -0.690 e. The second kappa shape index (κ2) is 8.21.